The topological polar surface area (TPSA) is 49.4 Å². The van der Waals surface area contributed by atoms with Crippen LogP contribution in [0, 0.1) is 11.8 Å². The second-order valence-electron chi connectivity index (χ2n) is 6.98. The van der Waals surface area contributed by atoms with Gasteiger partial charge >= 0.3 is 6.18 Å². The predicted molar refractivity (Wildman–Crippen MR) is 101 cm³/mol. The molecular formula is C20H17F3N2O2S. The van der Waals surface area contributed by atoms with Crippen molar-refractivity contribution in [1.29, 1.82) is 0 Å². The number of thioether (sulfide) groups is 1. The molecule has 0 radical (unpaired) electrons. The fourth-order valence-electron chi connectivity index (χ4n) is 3.77. The van der Waals surface area contributed by atoms with Gasteiger partial charge in [-0.05, 0) is 48.2 Å². The lowest BCUT2D eigenvalue weighted by Crippen LogP contribution is -2.26. The lowest BCUT2D eigenvalue weighted by atomic mass is 9.90. The van der Waals surface area contributed by atoms with E-state index in [-0.39, 0.29) is 18.3 Å². The number of hydrogen-bond acceptors (Lipinski definition) is 4. The number of amides is 2. The molecule has 1 fully saturated rings. The summed E-state index contributed by atoms with van der Waals surface area (Å²) in [7, 11) is 0. The molecule has 1 saturated heterocycles. The molecule has 4 rings (SSSR count). The normalized spacial score (nSPS) is 28.3. The number of carbonyl (C=O) groups excluding carboxylic acids is 2. The lowest BCUT2D eigenvalue weighted by molar-refractivity contribution is -0.115. The first-order chi connectivity index (χ1) is 13.3. The van der Waals surface area contributed by atoms with E-state index >= 15 is 0 Å². The molecule has 2 unspecified atom stereocenters. The number of nitrogens with one attached hydrogen (secondary N) is 1. The first kappa shape index (κ1) is 18.9. The van der Waals surface area contributed by atoms with Gasteiger partial charge in [0.1, 0.15) is 0 Å². The molecule has 0 spiro atoms. The molecule has 2 aliphatic heterocycles. The molecule has 146 valence electrons. The number of nitrogens with zero attached hydrogens (tertiary/aromatic N) is 1. The number of allylic oxidation sites excluding steroid dienone is 8. The Kier molecular flexibility index (Phi) is 4.82. The van der Waals surface area contributed by atoms with E-state index in [2.05, 4.69) is 5.32 Å². The molecular weight excluding hydrogens is 389 g/mol. The summed E-state index contributed by atoms with van der Waals surface area (Å²) in [5, 5.41) is 1.84. The number of carbonyl (C=O) groups is 2. The molecule has 4 nitrogen and oxygen atoms in total. The Morgan fingerprint density at radius 3 is 2.79 bits per heavy atom. The molecule has 0 aromatic carbocycles. The van der Waals surface area contributed by atoms with Crippen LogP contribution in [0.5, 0.6) is 0 Å². The van der Waals surface area contributed by atoms with Crippen LogP contribution in [-0.2, 0) is 4.79 Å². The van der Waals surface area contributed by atoms with Crippen molar-refractivity contribution in [2.45, 2.75) is 19.0 Å². The van der Waals surface area contributed by atoms with Crippen LogP contribution < -0.4 is 5.32 Å². The number of hydrogen-bond donors (Lipinski definition) is 1. The molecule has 2 atom stereocenters. The van der Waals surface area contributed by atoms with Crippen LogP contribution in [0.2, 0.25) is 0 Å². The maximum Gasteiger partial charge on any atom is 0.412 e. The summed E-state index contributed by atoms with van der Waals surface area (Å²) in [5.41, 5.74) is 1.37. The summed E-state index contributed by atoms with van der Waals surface area (Å²) in [4.78, 5) is 25.5. The largest absolute Gasteiger partial charge is 0.412 e. The van der Waals surface area contributed by atoms with E-state index in [1.54, 1.807) is 12.2 Å². The van der Waals surface area contributed by atoms with Crippen molar-refractivity contribution < 1.29 is 22.8 Å². The van der Waals surface area contributed by atoms with Crippen LogP contribution >= 0.6 is 11.8 Å². The Hall–Kier alpha value is -2.48. The minimum absolute atomic E-state index is 0.0341. The number of alkyl halides is 3. The van der Waals surface area contributed by atoms with Crippen LogP contribution in [0.4, 0.5) is 18.0 Å². The van der Waals surface area contributed by atoms with Crippen LogP contribution in [0.3, 0.4) is 0 Å². The van der Waals surface area contributed by atoms with Gasteiger partial charge in [0, 0.05) is 29.9 Å². The highest BCUT2D eigenvalue weighted by Gasteiger charge is 2.37. The van der Waals surface area contributed by atoms with Gasteiger partial charge in [-0.3, -0.25) is 14.9 Å². The molecule has 2 aliphatic carbocycles. The molecule has 28 heavy (non-hydrogen) atoms. The zero-order valence-corrected chi connectivity index (χ0v) is 15.5. The third-order valence-electron chi connectivity index (χ3n) is 5.07. The highest BCUT2D eigenvalue weighted by molar-refractivity contribution is 8.18. The Morgan fingerprint density at radius 1 is 1.25 bits per heavy atom. The summed E-state index contributed by atoms with van der Waals surface area (Å²) in [6.45, 7) is 0.422. The van der Waals surface area contributed by atoms with Crippen LogP contribution in [-0.4, -0.2) is 28.8 Å². The standard InChI is InChI=1S/C20H17F3N2O2S/c21-20(22,23)14-5-3-4-12(8-14)10-25-11-13(15-6-1-2-7-16(15)25)9-17-18(26)24-19(27)28-17/h1-5,7,9,11-12,15H,6,8,10H2,(H,24,26,27)/b17-9-. The first-order valence-electron chi connectivity index (χ1n) is 8.86. The Bertz CT molecular complexity index is 909. The van der Waals surface area contributed by atoms with E-state index in [9.17, 15) is 22.8 Å². The Morgan fingerprint density at radius 2 is 2.07 bits per heavy atom. The van der Waals surface area contributed by atoms with Gasteiger partial charge in [-0.25, -0.2) is 0 Å². The second-order valence-corrected chi connectivity index (χ2v) is 8.00. The third kappa shape index (κ3) is 3.73. The van der Waals surface area contributed by atoms with Gasteiger partial charge in [-0.2, -0.15) is 13.2 Å². The van der Waals surface area contributed by atoms with Crippen LogP contribution in [0.25, 0.3) is 0 Å². The van der Waals surface area contributed by atoms with E-state index in [1.807, 2.05) is 29.3 Å². The van der Waals surface area contributed by atoms with Gasteiger partial charge in [0.25, 0.3) is 11.1 Å². The van der Waals surface area contributed by atoms with E-state index in [0.717, 1.165) is 35.5 Å². The summed E-state index contributed by atoms with van der Waals surface area (Å²) < 4.78 is 39.1. The van der Waals surface area contributed by atoms with E-state index in [1.165, 1.54) is 6.08 Å². The average Bonchev–Trinajstić information content (AvgIpc) is 3.15. The van der Waals surface area contributed by atoms with Crippen LogP contribution in [0.15, 0.2) is 70.5 Å². The quantitative estimate of drug-likeness (QED) is 0.698. The van der Waals surface area contributed by atoms with Crippen molar-refractivity contribution in [3.05, 3.63) is 70.5 Å². The molecule has 1 N–H and O–H groups in total. The second kappa shape index (κ2) is 7.16. The summed E-state index contributed by atoms with van der Waals surface area (Å²) >= 11 is 0.861. The Labute approximate surface area is 164 Å². The highest BCUT2D eigenvalue weighted by Crippen LogP contribution is 2.41. The zero-order chi connectivity index (χ0) is 19.9. The smallest absolute Gasteiger partial charge is 0.350 e. The van der Waals surface area contributed by atoms with Gasteiger partial charge in [-0.15, -0.1) is 0 Å². The SMILES string of the molecule is O=C1NC(=O)/C(=C/C2=CN(CC3C=CC=C(C(F)(F)F)C3)C3=CC=CCC23)S1. The number of rotatable bonds is 3. The van der Waals surface area contributed by atoms with E-state index in [4.69, 9.17) is 0 Å². The monoisotopic (exact) mass is 406 g/mol. The summed E-state index contributed by atoms with van der Waals surface area (Å²) in [6, 6.07) is 0. The molecule has 0 saturated carbocycles. The van der Waals surface area contributed by atoms with E-state index in [0.29, 0.717) is 11.4 Å². The number of fused-ring (bicyclic) bond motifs is 1. The average molecular weight is 406 g/mol. The van der Waals surface area contributed by atoms with Crippen molar-refractivity contribution in [2.24, 2.45) is 11.8 Å². The van der Waals surface area contributed by atoms with Gasteiger partial charge in [-0.1, -0.05) is 30.4 Å². The molecule has 0 bridgehead atoms. The van der Waals surface area contributed by atoms with Gasteiger partial charge in [0.2, 0.25) is 0 Å². The molecule has 2 amide bonds. The minimum atomic E-state index is -4.31. The van der Waals surface area contributed by atoms with Crippen molar-refractivity contribution in [1.82, 2.24) is 10.2 Å². The Balaban J connectivity index is 1.55. The fourth-order valence-corrected chi connectivity index (χ4v) is 4.45. The third-order valence-corrected chi connectivity index (χ3v) is 5.88. The van der Waals surface area contributed by atoms with Crippen molar-refractivity contribution >= 4 is 22.9 Å². The molecule has 4 aliphatic rings. The molecule has 0 aromatic heterocycles. The molecule has 2 heterocycles. The highest BCUT2D eigenvalue weighted by atomic mass is 32.2. The van der Waals surface area contributed by atoms with Crippen molar-refractivity contribution in [3.63, 3.8) is 0 Å². The predicted octanol–water partition coefficient (Wildman–Crippen LogP) is 4.58. The maximum absolute atomic E-state index is 13.0. The minimum Gasteiger partial charge on any atom is -0.350 e. The van der Waals surface area contributed by atoms with E-state index < -0.39 is 22.9 Å². The van der Waals surface area contributed by atoms with Gasteiger partial charge in [0.15, 0.2) is 0 Å². The van der Waals surface area contributed by atoms with Gasteiger partial charge in [0.05, 0.1) is 4.91 Å². The maximum atomic E-state index is 13.0. The number of halogens is 3. The van der Waals surface area contributed by atoms with Gasteiger partial charge < -0.3 is 4.90 Å². The number of imide groups is 1. The van der Waals surface area contributed by atoms with Crippen molar-refractivity contribution in [2.75, 3.05) is 6.54 Å². The molecule has 0 aromatic rings. The lowest BCUT2D eigenvalue weighted by Gasteiger charge is -2.28. The van der Waals surface area contributed by atoms with Crippen LogP contribution in [0.1, 0.15) is 12.8 Å². The zero-order valence-electron chi connectivity index (χ0n) is 14.7. The summed E-state index contributed by atoms with van der Waals surface area (Å²) in [5.74, 6) is -0.642. The van der Waals surface area contributed by atoms with Crippen molar-refractivity contribution in [3.8, 4) is 0 Å². The summed E-state index contributed by atoms with van der Waals surface area (Å²) in [6.07, 6.45) is 10.3. The first-order valence-corrected chi connectivity index (χ1v) is 9.67. The molecule has 8 heteroatoms. The fraction of sp³-hybridized carbons (Fsp3) is 0.300.